The number of anilines is 1. The molecule has 0 amide bonds. The maximum absolute atomic E-state index is 5.25. The Morgan fingerprint density at radius 2 is 2.19 bits per heavy atom. The number of hydrogen-bond acceptors (Lipinski definition) is 3. The minimum absolute atomic E-state index is 0.382. The van der Waals surface area contributed by atoms with Crippen molar-refractivity contribution >= 4 is 23.0 Å². The number of hydrogen-bond donors (Lipinski definition) is 3. The van der Waals surface area contributed by atoms with Gasteiger partial charge in [0.1, 0.15) is 0 Å². The minimum Gasteiger partial charge on any atom is -0.330 e. The van der Waals surface area contributed by atoms with Gasteiger partial charge in [-0.2, -0.15) is 0 Å². The van der Waals surface area contributed by atoms with Crippen LogP contribution in [0.25, 0.3) is 0 Å². The van der Waals surface area contributed by atoms with Gasteiger partial charge in [0.2, 0.25) is 0 Å². The lowest BCUT2D eigenvalue weighted by molar-refractivity contribution is 0.218. The van der Waals surface area contributed by atoms with Crippen molar-refractivity contribution in [2.45, 2.75) is 40.0 Å². The van der Waals surface area contributed by atoms with E-state index in [-0.39, 0.29) is 0 Å². The van der Waals surface area contributed by atoms with Gasteiger partial charge in [-0.15, -0.1) is 0 Å². The quantitative estimate of drug-likeness (QED) is 0.588. The molecule has 0 radical (unpaired) electrons. The summed E-state index contributed by atoms with van der Waals surface area (Å²) in [7, 11) is 0. The van der Waals surface area contributed by atoms with Gasteiger partial charge in [-0.25, -0.2) is 0 Å². The van der Waals surface area contributed by atoms with E-state index < -0.39 is 0 Å². The summed E-state index contributed by atoms with van der Waals surface area (Å²) in [5.74, 6) is 0.753. The summed E-state index contributed by atoms with van der Waals surface area (Å²) in [6.07, 6.45) is 9.15. The molecule has 0 saturated heterocycles. The van der Waals surface area contributed by atoms with Crippen molar-refractivity contribution in [2.75, 3.05) is 5.32 Å². The third-order valence-electron chi connectivity index (χ3n) is 3.89. The summed E-state index contributed by atoms with van der Waals surface area (Å²) in [6.45, 7) is 6.94. The Kier molecular flexibility index (Phi) is 5.17. The summed E-state index contributed by atoms with van der Waals surface area (Å²) in [4.78, 5) is 4.04. The number of aromatic nitrogens is 1. The first-order valence-corrected chi connectivity index (χ1v) is 7.78. The zero-order valence-corrected chi connectivity index (χ0v) is 13.8. The predicted octanol–water partition coefficient (Wildman–Crippen LogP) is 3.60. The molecule has 0 aliphatic heterocycles. The van der Waals surface area contributed by atoms with E-state index in [1.165, 1.54) is 12.1 Å². The number of rotatable bonds is 3. The molecule has 0 bridgehead atoms. The second-order valence-electron chi connectivity index (χ2n) is 6.51. The first-order valence-electron chi connectivity index (χ1n) is 7.37. The van der Waals surface area contributed by atoms with E-state index in [9.17, 15) is 0 Å². The average molecular weight is 304 g/mol. The largest absolute Gasteiger partial charge is 0.330 e. The highest BCUT2D eigenvalue weighted by atomic mass is 32.1. The lowest BCUT2D eigenvalue weighted by Crippen LogP contribution is -2.40. The number of nitrogens with one attached hydrogen (secondary N) is 3. The Labute approximate surface area is 132 Å². The van der Waals surface area contributed by atoms with Crippen LogP contribution in [-0.4, -0.2) is 10.1 Å². The van der Waals surface area contributed by atoms with E-state index >= 15 is 0 Å². The number of allylic oxidation sites excluding steroid dienone is 2. The van der Waals surface area contributed by atoms with Crippen LogP contribution in [0.5, 0.6) is 0 Å². The molecule has 3 N–H and O–H groups in total. The maximum atomic E-state index is 5.25. The van der Waals surface area contributed by atoms with E-state index in [2.05, 4.69) is 48.0 Å². The van der Waals surface area contributed by atoms with Crippen molar-refractivity contribution in [3.63, 3.8) is 0 Å². The molecule has 2 rings (SSSR count). The third kappa shape index (κ3) is 5.01. The second kappa shape index (κ2) is 6.89. The van der Waals surface area contributed by atoms with Crippen LogP contribution in [0.4, 0.5) is 5.69 Å². The lowest BCUT2D eigenvalue weighted by atomic mass is 9.74. The summed E-state index contributed by atoms with van der Waals surface area (Å²) >= 11 is 5.25. The van der Waals surface area contributed by atoms with E-state index in [4.69, 9.17) is 12.2 Å². The van der Waals surface area contributed by atoms with E-state index in [1.807, 2.05) is 12.1 Å². The first-order chi connectivity index (χ1) is 9.95. The van der Waals surface area contributed by atoms with Gasteiger partial charge in [-0.1, -0.05) is 26.8 Å². The molecular weight excluding hydrogens is 280 g/mol. The first kappa shape index (κ1) is 15.8. The van der Waals surface area contributed by atoms with Crippen LogP contribution in [0, 0.1) is 11.3 Å². The van der Waals surface area contributed by atoms with Crippen LogP contribution in [0.15, 0.2) is 36.3 Å². The van der Waals surface area contributed by atoms with Crippen molar-refractivity contribution in [3.8, 4) is 0 Å². The Morgan fingerprint density at radius 3 is 2.76 bits per heavy atom. The molecule has 1 aliphatic carbocycles. The molecule has 0 spiro atoms. The van der Waals surface area contributed by atoms with Crippen molar-refractivity contribution < 1.29 is 0 Å². The Bertz CT molecular complexity index is 505. The zero-order chi connectivity index (χ0) is 15.3. The van der Waals surface area contributed by atoms with Crippen LogP contribution in [-0.2, 0) is 0 Å². The standard InChI is InChI=1S/C16H24N4S/c1-16(2,3)12-6-8-13(9-7-12)19-20-15(21)18-14-5-4-10-17-11-14/h4-5,8,10-12,19H,6-7,9H2,1-3H3,(H2,18,20,21)/t12-/m0/s1. The molecule has 21 heavy (non-hydrogen) atoms. The van der Waals surface area contributed by atoms with Gasteiger partial charge in [-0.3, -0.25) is 10.4 Å². The van der Waals surface area contributed by atoms with Crippen LogP contribution in [0.2, 0.25) is 0 Å². The normalized spacial score (nSPS) is 18.6. The fourth-order valence-electron chi connectivity index (χ4n) is 2.47. The molecular formula is C16H24N4S. The Morgan fingerprint density at radius 1 is 1.38 bits per heavy atom. The topological polar surface area (TPSA) is 49.0 Å². The molecule has 0 saturated carbocycles. The van der Waals surface area contributed by atoms with Crippen LogP contribution in [0.3, 0.4) is 0 Å². The highest BCUT2D eigenvalue weighted by Crippen LogP contribution is 2.36. The molecule has 0 aromatic carbocycles. The lowest BCUT2D eigenvalue weighted by Gasteiger charge is -2.33. The van der Waals surface area contributed by atoms with Crippen LogP contribution >= 0.6 is 12.2 Å². The molecule has 0 fully saturated rings. The van der Waals surface area contributed by atoms with Gasteiger partial charge in [0.15, 0.2) is 5.11 Å². The van der Waals surface area contributed by atoms with Crippen molar-refractivity contribution in [3.05, 3.63) is 36.3 Å². The fraction of sp³-hybridized carbons (Fsp3) is 0.500. The van der Waals surface area contributed by atoms with Crippen molar-refractivity contribution in [1.82, 2.24) is 15.8 Å². The van der Waals surface area contributed by atoms with E-state index in [0.717, 1.165) is 24.4 Å². The number of pyridine rings is 1. The fourth-order valence-corrected chi connectivity index (χ4v) is 2.64. The summed E-state index contributed by atoms with van der Waals surface area (Å²) in [6, 6.07) is 3.80. The van der Waals surface area contributed by atoms with E-state index in [0.29, 0.717) is 10.5 Å². The van der Waals surface area contributed by atoms with Gasteiger partial charge in [0.25, 0.3) is 0 Å². The average Bonchev–Trinajstić information content (AvgIpc) is 2.46. The van der Waals surface area contributed by atoms with Crippen LogP contribution < -0.4 is 16.2 Å². The molecule has 0 unspecified atom stereocenters. The Hall–Kier alpha value is -1.62. The maximum Gasteiger partial charge on any atom is 0.189 e. The van der Waals surface area contributed by atoms with Gasteiger partial charge in [0, 0.05) is 11.9 Å². The third-order valence-corrected chi connectivity index (χ3v) is 4.10. The molecule has 1 aromatic rings. The van der Waals surface area contributed by atoms with Crippen LogP contribution in [0.1, 0.15) is 40.0 Å². The number of hydrazine groups is 1. The summed E-state index contributed by atoms with van der Waals surface area (Å²) in [5, 5.41) is 3.63. The van der Waals surface area contributed by atoms with Gasteiger partial charge < -0.3 is 10.7 Å². The van der Waals surface area contributed by atoms with Gasteiger partial charge in [0.05, 0.1) is 11.9 Å². The molecule has 1 heterocycles. The van der Waals surface area contributed by atoms with Gasteiger partial charge in [-0.05, 0) is 54.9 Å². The van der Waals surface area contributed by atoms with Gasteiger partial charge >= 0.3 is 0 Å². The zero-order valence-electron chi connectivity index (χ0n) is 12.9. The number of thiocarbonyl (C=S) groups is 1. The SMILES string of the molecule is CC(C)(C)[C@H]1CC=C(NNC(=S)Nc2cccnc2)CC1. The molecule has 5 heteroatoms. The van der Waals surface area contributed by atoms with E-state index in [1.54, 1.807) is 12.4 Å². The highest BCUT2D eigenvalue weighted by Gasteiger charge is 2.26. The molecule has 1 aromatic heterocycles. The molecule has 1 atom stereocenters. The number of nitrogens with zero attached hydrogens (tertiary/aromatic N) is 1. The summed E-state index contributed by atoms with van der Waals surface area (Å²) < 4.78 is 0. The van der Waals surface area contributed by atoms with Crippen molar-refractivity contribution in [2.24, 2.45) is 11.3 Å². The molecule has 114 valence electrons. The predicted molar refractivity (Wildman–Crippen MR) is 91.6 cm³/mol. The Balaban J connectivity index is 1.76. The van der Waals surface area contributed by atoms with Crippen molar-refractivity contribution in [1.29, 1.82) is 0 Å². The minimum atomic E-state index is 0.382. The monoisotopic (exact) mass is 304 g/mol. The molecule has 4 nitrogen and oxygen atoms in total. The smallest absolute Gasteiger partial charge is 0.189 e. The summed E-state index contributed by atoms with van der Waals surface area (Å²) in [5.41, 5.74) is 8.70. The second-order valence-corrected chi connectivity index (χ2v) is 6.92. The highest BCUT2D eigenvalue weighted by molar-refractivity contribution is 7.80. The molecule has 1 aliphatic rings.